The highest BCUT2D eigenvalue weighted by atomic mass is 16.6. The highest BCUT2D eigenvalue weighted by Gasteiger charge is 2.19. The summed E-state index contributed by atoms with van der Waals surface area (Å²) < 4.78 is 16.6. The molecule has 6 heteroatoms. The number of hydrogen-bond donors (Lipinski definition) is 0. The summed E-state index contributed by atoms with van der Waals surface area (Å²) in [7, 11) is 0. The van der Waals surface area contributed by atoms with Crippen molar-refractivity contribution in [2.45, 2.75) is 226 Å². The van der Waals surface area contributed by atoms with Crippen molar-refractivity contribution in [3.63, 3.8) is 0 Å². The van der Waals surface area contributed by atoms with Gasteiger partial charge in [0.1, 0.15) is 13.2 Å². The summed E-state index contributed by atoms with van der Waals surface area (Å²) in [4.78, 5) is 37.4. The van der Waals surface area contributed by atoms with Crippen LogP contribution in [0.25, 0.3) is 0 Å². The van der Waals surface area contributed by atoms with Crippen molar-refractivity contribution in [1.82, 2.24) is 0 Å². The van der Waals surface area contributed by atoms with Gasteiger partial charge in [0.15, 0.2) is 6.10 Å². The monoisotopic (exact) mass is 667 g/mol. The van der Waals surface area contributed by atoms with Gasteiger partial charge in [-0.3, -0.25) is 14.4 Å². The Balaban J connectivity index is 4.36. The van der Waals surface area contributed by atoms with E-state index in [1.54, 1.807) is 0 Å². The Morgan fingerprint density at radius 3 is 1.11 bits per heavy atom. The van der Waals surface area contributed by atoms with Crippen molar-refractivity contribution in [3.8, 4) is 0 Å². The fraction of sp³-hybridized carbons (Fsp3) is 0.927. The standard InChI is InChI=1S/C41H78O6/c1-5-8-10-12-14-16-18-20-25-29-33-40(43)46-36-38(35-45-39(42)32-28-24-19-17-15-13-11-9-6-2)47-41(44)34-30-26-22-21-23-27-31-37(4)7-3/h37-38H,5-36H2,1-4H3/t37?,38-/m1/s1. The van der Waals surface area contributed by atoms with Gasteiger partial charge in [-0.2, -0.15) is 0 Å². The first-order valence-electron chi connectivity index (χ1n) is 20.4. The van der Waals surface area contributed by atoms with Gasteiger partial charge in [-0.25, -0.2) is 0 Å². The zero-order valence-electron chi connectivity index (χ0n) is 31.7. The molecule has 0 aliphatic heterocycles. The largest absolute Gasteiger partial charge is 0.462 e. The van der Waals surface area contributed by atoms with Gasteiger partial charge in [0.25, 0.3) is 0 Å². The molecule has 0 saturated heterocycles. The third-order valence-electron chi connectivity index (χ3n) is 9.40. The third kappa shape index (κ3) is 34.1. The molecule has 0 aliphatic carbocycles. The number of ether oxygens (including phenoxy) is 3. The topological polar surface area (TPSA) is 78.9 Å². The van der Waals surface area contributed by atoms with E-state index in [1.165, 1.54) is 116 Å². The molecule has 1 unspecified atom stereocenters. The molecule has 0 N–H and O–H groups in total. The number of hydrogen-bond acceptors (Lipinski definition) is 6. The molecule has 0 spiro atoms. The molecule has 0 saturated carbocycles. The van der Waals surface area contributed by atoms with Crippen LogP contribution in [0.5, 0.6) is 0 Å². The maximum atomic E-state index is 12.6. The minimum Gasteiger partial charge on any atom is -0.462 e. The van der Waals surface area contributed by atoms with E-state index in [2.05, 4.69) is 27.7 Å². The van der Waals surface area contributed by atoms with Crippen LogP contribution >= 0.6 is 0 Å². The molecule has 6 nitrogen and oxygen atoms in total. The second-order valence-electron chi connectivity index (χ2n) is 14.2. The second kappa shape index (κ2) is 35.7. The summed E-state index contributed by atoms with van der Waals surface area (Å²) in [6.07, 6.45) is 32.3. The van der Waals surface area contributed by atoms with Crippen LogP contribution in [-0.4, -0.2) is 37.2 Å². The molecule has 0 rings (SSSR count). The molecular formula is C41H78O6. The van der Waals surface area contributed by atoms with Crippen molar-refractivity contribution in [2.75, 3.05) is 13.2 Å². The number of esters is 3. The Hall–Kier alpha value is -1.59. The summed E-state index contributed by atoms with van der Waals surface area (Å²) in [5.41, 5.74) is 0. The Morgan fingerprint density at radius 1 is 0.426 bits per heavy atom. The highest BCUT2D eigenvalue weighted by Crippen LogP contribution is 2.16. The summed E-state index contributed by atoms with van der Waals surface area (Å²) in [5.74, 6) is -0.0580. The van der Waals surface area contributed by atoms with Crippen LogP contribution in [0.2, 0.25) is 0 Å². The van der Waals surface area contributed by atoms with E-state index in [4.69, 9.17) is 14.2 Å². The van der Waals surface area contributed by atoms with E-state index in [9.17, 15) is 14.4 Å². The van der Waals surface area contributed by atoms with Gasteiger partial charge in [-0.05, 0) is 25.2 Å². The molecule has 47 heavy (non-hydrogen) atoms. The molecule has 278 valence electrons. The first-order valence-corrected chi connectivity index (χ1v) is 20.4. The summed E-state index contributed by atoms with van der Waals surface area (Å²) in [6.45, 7) is 8.91. The first kappa shape index (κ1) is 45.4. The van der Waals surface area contributed by atoms with Crippen LogP contribution < -0.4 is 0 Å². The lowest BCUT2D eigenvalue weighted by atomic mass is 10.00. The van der Waals surface area contributed by atoms with Gasteiger partial charge >= 0.3 is 17.9 Å². The molecule has 0 aromatic heterocycles. The zero-order valence-corrected chi connectivity index (χ0v) is 31.7. The lowest BCUT2D eigenvalue weighted by molar-refractivity contribution is -0.167. The van der Waals surface area contributed by atoms with E-state index < -0.39 is 6.10 Å². The van der Waals surface area contributed by atoms with Gasteiger partial charge in [0.2, 0.25) is 0 Å². The van der Waals surface area contributed by atoms with Crippen molar-refractivity contribution < 1.29 is 28.6 Å². The molecule has 2 atom stereocenters. The van der Waals surface area contributed by atoms with Gasteiger partial charge in [0.05, 0.1) is 0 Å². The van der Waals surface area contributed by atoms with Crippen LogP contribution in [0.15, 0.2) is 0 Å². The third-order valence-corrected chi connectivity index (χ3v) is 9.40. The van der Waals surface area contributed by atoms with Crippen LogP contribution in [0.3, 0.4) is 0 Å². The summed E-state index contributed by atoms with van der Waals surface area (Å²) in [6, 6.07) is 0. The normalized spacial score (nSPS) is 12.5. The minimum absolute atomic E-state index is 0.0656. The predicted molar refractivity (Wildman–Crippen MR) is 196 cm³/mol. The average molecular weight is 667 g/mol. The summed E-state index contributed by atoms with van der Waals surface area (Å²) >= 11 is 0. The molecule has 0 amide bonds. The van der Waals surface area contributed by atoms with Gasteiger partial charge < -0.3 is 14.2 Å². The van der Waals surface area contributed by atoms with Crippen molar-refractivity contribution in [2.24, 2.45) is 5.92 Å². The molecule has 0 aromatic carbocycles. The maximum Gasteiger partial charge on any atom is 0.306 e. The molecular weight excluding hydrogens is 588 g/mol. The summed E-state index contributed by atoms with van der Waals surface area (Å²) in [5, 5.41) is 0. The SMILES string of the molecule is CCCCCCCCCCCCC(=O)OC[C@@H](COC(=O)CCCCCCCCCCC)OC(=O)CCCCCCCCC(C)CC. The van der Waals surface area contributed by atoms with Crippen LogP contribution in [-0.2, 0) is 28.6 Å². The Kier molecular flexibility index (Phi) is 34.5. The number of carbonyl (C=O) groups excluding carboxylic acids is 3. The van der Waals surface area contributed by atoms with E-state index in [1.807, 2.05) is 0 Å². The van der Waals surface area contributed by atoms with Gasteiger partial charge in [0, 0.05) is 19.3 Å². The Labute approximate surface area is 291 Å². The van der Waals surface area contributed by atoms with E-state index in [0.29, 0.717) is 19.3 Å². The number of carbonyl (C=O) groups is 3. The van der Waals surface area contributed by atoms with Crippen LogP contribution in [0.1, 0.15) is 220 Å². The fourth-order valence-corrected chi connectivity index (χ4v) is 5.89. The molecule has 0 bridgehead atoms. The predicted octanol–water partition coefficient (Wildman–Crippen LogP) is 12.4. The Bertz CT molecular complexity index is 708. The number of rotatable bonds is 36. The van der Waals surface area contributed by atoms with E-state index in [-0.39, 0.29) is 31.1 Å². The first-order chi connectivity index (χ1) is 22.9. The fourth-order valence-electron chi connectivity index (χ4n) is 5.89. The maximum absolute atomic E-state index is 12.6. The molecule has 0 radical (unpaired) electrons. The van der Waals surface area contributed by atoms with Crippen LogP contribution in [0.4, 0.5) is 0 Å². The van der Waals surface area contributed by atoms with E-state index in [0.717, 1.165) is 63.7 Å². The second-order valence-corrected chi connectivity index (χ2v) is 14.2. The average Bonchev–Trinajstić information content (AvgIpc) is 3.07. The lowest BCUT2D eigenvalue weighted by Gasteiger charge is -2.18. The van der Waals surface area contributed by atoms with Crippen molar-refractivity contribution >= 4 is 17.9 Å². The molecule has 0 fully saturated rings. The zero-order chi connectivity index (χ0) is 34.6. The van der Waals surface area contributed by atoms with Crippen molar-refractivity contribution in [1.29, 1.82) is 0 Å². The molecule has 0 aliphatic rings. The quantitative estimate of drug-likeness (QED) is 0.0376. The number of unbranched alkanes of at least 4 members (excludes halogenated alkanes) is 22. The highest BCUT2D eigenvalue weighted by molar-refractivity contribution is 5.71. The lowest BCUT2D eigenvalue weighted by Crippen LogP contribution is -2.30. The molecule has 0 aromatic rings. The van der Waals surface area contributed by atoms with Gasteiger partial charge in [-0.15, -0.1) is 0 Å². The van der Waals surface area contributed by atoms with Crippen LogP contribution in [0, 0.1) is 5.92 Å². The smallest absolute Gasteiger partial charge is 0.306 e. The Morgan fingerprint density at radius 2 is 0.745 bits per heavy atom. The van der Waals surface area contributed by atoms with Gasteiger partial charge in [-0.1, -0.05) is 182 Å². The van der Waals surface area contributed by atoms with E-state index >= 15 is 0 Å². The minimum atomic E-state index is -0.758. The van der Waals surface area contributed by atoms with Crippen molar-refractivity contribution in [3.05, 3.63) is 0 Å². The molecule has 0 heterocycles.